The lowest BCUT2D eigenvalue weighted by Crippen LogP contribution is -2.21. The van der Waals surface area contributed by atoms with Crippen LogP contribution in [-0.4, -0.2) is 40.5 Å². The number of rotatable bonds is 4. The molecule has 22 heavy (non-hydrogen) atoms. The highest BCUT2D eigenvalue weighted by Gasteiger charge is 2.38. The number of alkyl halides is 3. The van der Waals surface area contributed by atoms with Gasteiger partial charge in [-0.1, -0.05) is 6.92 Å². The van der Waals surface area contributed by atoms with E-state index in [1.54, 1.807) is 0 Å². The molecular weight excluding hydrogens is 303 g/mol. The van der Waals surface area contributed by atoms with Crippen molar-refractivity contribution in [3.63, 3.8) is 0 Å². The highest BCUT2D eigenvalue weighted by molar-refractivity contribution is 5.73. The van der Waals surface area contributed by atoms with Crippen molar-refractivity contribution in [2.24, 2.45) is 0 Å². The van der Waals surface area contributed by atoms with Gasteiger partial charge < -0.3 is 14.8 Å². The molecule has 2 N–H and O–H groups in total. The highest BCUT2D eigenvalue weighted by atomic mass is 19.4. The van der Waals surface area contributed by atoms with Crippen molar-refractivity contribution in [3.05, 3.63) is 11.8 Å². The van der Waals surface area contributed by atoms with Crippen LogP contribution < -0.4 is 5.32 Å². The van der Waals surface area contributed by atoms with Crippen LogP contribution in [-0.2, 0) is 11.2 Å². The molecule has 1 aromatic heterocycles. The number of carboxylic acids is 1. The summed E-state index contributed by atoms with van der Waals surface area (Å²) < 4.78 is 37.4. The van der Waals surface area contributed by atoms with E-state index in [-0.39, 0.29) is 0 Å². The number of hydrogen-bond donors (Lipinski definition) is 2. The molecule has 0 radical (unpaired) electrons. The van der Waals surface area contributed by atoms with Crippen LogP contribution in [0.15, 0.2) is 4.42 Å². The number of nitrogens with zero attached hydrogens (tertiary/aromatic N) is 2. The molecule has 0 aliphatic heterocycles. The average molecular weight is 323 g/mol. The fourth-order valence-electron chi connectivity index (χ4n) is 2.21. The summed E-state index contributed by atoms with van der Waals surface area (Å²) in [6.45, 7) is 2.12. The number of nitrogens with one attached hydrogen (secondary N) is 1. The van der Waals surface area contributed by atoms with E-state index >= 15 is 0 Å². The third-order valence-electron chi connectivity index (χ3n) is 3.38. The van der Waals surface area contributed by atoms with Gasteiger partial charge in [0, 0.05) is 18.4 Å². The third-order valence-corrected chi connectivity index (χ3v) is 3.38. The van der Waals surface area contributed by atoms with Crippen molar-refractivity contribution in [1.82, 2.24) is 15.5 Å². The topological polar surface area (TPSA) is 88.3 Å². The van der Waals surface area contributed by atoms with Crippen LogP contribution in [0.5, 0.6) is 0 Å². The summed E-state index contributed by atoms with van der Waals surface area (Å²) in [7, 11) is 2.02. The van der Waals surface area contributed by atoms with Crippen LogP contribution in [0.1, 0.15) is 50.3 Å². The maximum absolute atomic E-state index is 10.6. The normalized spacial score (nSPS) is 21.3. The first-order valence-electron chi connectivity index (χ1n) is 7.07. The minimum Gasteiger partial charge on any atom is -0.475 e. The molecule has 0 bridgehead atoms. The molecule has 0 saturated heterocycles. The van der Waals surface area contributed by atoms with Gasteiger partial charge in [0.15, 0.2) is 0 Å². The number of halogens is 3. The molecule has 1 aliphatic rings. The molecule has 126 valence electrons. The molecule has 9 heteroatoms. The van der Waals surface area contributed by atoms with Gasteiger partial charge >= 0.3 is 12.1 Å². The monoisotopic (exact) mass is 323 g/mol. The largest absolute Gasteiger partial charge is 0.490 e. The van der Waals surface area contributed by atoms with Crippen molar-refractivity contribution >= 4 is 5.97 Å². The van der Waals surface area contributed by atoms with E-state index in [1.165, 1.54) is 12.8 Å². The molecule has 0 unspecified atom stereocenters. The Kier molecular flexibility index (Phi) is 6.79. The van der Waals surface area contributed by atoms with Gasteiger partial charge in [0.05, 0.1) is 0 Å². The van der Waals surface area contributed by atoms with E-state index in [9.17, 15) is 13.2 Å². The second kappa shape index (κ2) is 8.11. The van der Waals surface area contributed by atoms with Gasteiger partial charge in [0.25, 0.3) is 0 Å². The Labute approximate surface area is 126 Å². The van der Waals surface area contributed by atoms with E-state index in [0.29, 0.717) is 12.0 Å². The molecule has 1 aromatic rings. The SMILES string of the molecule is CCCc1nnc([C@H]2CC[C@@H](NC)C2)o1.O=C(O)C(F)(F)F. The molecular formula is C13H20F3N3O3. The summed E-state index contributed by atoms with van der Waals surface area (Å²) in [5, 5.41) is 18.6. The third kappa shape index (κ3) is 5.63. The molecule has 0 amide bonds. The predicted octanol–water partition coefficient (Wildman–Crippen LogP) is 2.51. The predicted molar refractivity (Wildman–Crippen MR) is 71.4 cm³/mol. The number of aryl methyl sites for hydroxylation is 1. The fourth-order valence-corrected chi connectivity index (χ4v) is 2.21. The van der Waals surface area contributed by atoms with Crippen molar-refractivity contribution in [2.75, 3.05) is 7.05 Å². The minimum absolute atomic E-state index is 0.473. The summed E-state index contributed by atoms with van der Waals surface area (Å²) in [6.07, 6.45) is 0.386. The number of aliphatic carboxylic acids is 1. The lowest BCUT2D eigenvalue weighted by atomic mass is 10.1. The summed E-state index contributed by atoms with van der Waals surface area (Å²) >= 11 is 0. The maximum Gasteiger partial charge on any atom is 0.490 e. The number of aromatic nitrogens is 2. The Bertz CT molecular complexity index is 477. The molecule has 0 aromatic carbocycles. The van der Waals surface area contributed by atoms with Crippen LogP contribution in [0.25, 0.3) is 0 Å². The summed E-state index contributed by atoms with van der Waals surface area (Å²) in [5.41, 5.74) is 0. The van der Waals surface area contributed by atoms with E-state index in [1.807, 2.05) is 7.05 Å². The van der Waals surface area contributed by atoms with Gasteiger partial charge in [-0.25, -0.2) is 4.79 Å². The van der Waals surface area contributed by atoms with Crippen LogP contribution in [0, 0.1) is 0 Å². The van der Waals surface area contributed by atoms with Gasteiger partial charge in [-0.15, -0.1) is 10.2 Å². The van der Waals surface area contributed by atoms with E-state index in [0.717, 1.165) is 31.0 Å². The van der Waals surface area contributed by atoms with Crippen LogP contribution in [0.3, 0.4) is 0 Å². The number of hydrogen-bond acceptors (Lipinski definition) is 5. The summed E-state index contributed by atoms with van der Waals surface area (Å²) in [6, 6.07) is 0.622. The lowest BCUT2D eigenvalue weighted by molar-refractivity contribution is -0.192. The van der Waals surface area contributed by atoms with Gasteiger partial charge in [-0.2, -0.15) is 13.2 Å². The van der Waals surface area contributed by atoms with Gasteiger partial charge in [-0.3, -0.25) is 0 Å². The fraction of sp³-hybridized carbons (Fsp3) is 0.769. The molecule has 1 heterocycles. The van der Waals surface area contributed by atoms with Crippen LogP contribution >= 0.6 is 0 Å². The van der Waals surface area contributed by atoms with Crippen molar-refractivity contribution in [3.8, 4) is 0 Å². The first kappa shape index (κ1) is 18.4. The zero-order valence-corrected chi connectivity index (χ0v) is 12.5. The molecule has 0 spiro atoms. The molecule has 2 atom stereocenters. The molecule has 6 nitrogen and oxygen atoms in total. The summed E-state index contributed by atoms with van der Waals surface area (Å²) in [4.78, 5) is 8.90. The Hall–Kier alpha value is -1.64. The minimum atomic E-state index is -5.08. The zero-order chi connectivity index (χ0) is 16.8. The zero-order valence-electron chi connectivity index (χ0n) is 12.5. The first-order valence-corrected chi connectivity index (χ1v) is 7.07. The number of carboxylic acid groups (broad SMARTS) is 1. The molecule has 1 aliphatic carbocycles. The second-order valence-corrected chi connectivity index (χ2v) is 5.08. The lowest BCUT2D eigenvalue weighted by Gasteiger charge is -2.06. The second-order valence-electron chi connectivity index (χ2n) is 5.08. The van der Waals surface area contributed by atoms with Crippen molar-refractivity contribution < 1.29 is 27.5 Å². The smallest absolute Gasteiger partial charge is 0.475 e. The Balaban J connectivity index is 0.000000295. The van der Waals surface area contributed by atoms with Crippen LogP contribution in [0.2, 0.25) is 0 Å². The maximum atomic E-state index is 10.6. The number of carbonyl (C=O) groups is 1. The van der Waals surface area contributed by atoms with Gasteiger partial charge in [-0.05, 0) is 32.7 Å². The van der Waals surface area contributed by atoms with Gasteiger partial charge in [0.2, 0.25) is 11.8 Å². The quantitative estimate of drug-likeness (QED) is 0.885. The Morgan fingerprint density at radius 1 is 1.41 bits per heavy atom. The van der Waals surface area contributed by atoms with Crippen molar-refractivity contribution in [1.29, 1.82) is 0 Å². The Morgan fingerprint density at radius 2 is 2.05 bits per heavy atom. The Morgan fingerprint density at radius 3 is 2.50 bits per heavy atom. The summed E-state index contributed by atoms with van der Waals surface area (Å²) in [5.74, 6) is -0.648. The average Bonchev–Trinajstić information content (AvgIpc) is 3.06. The van der Waals surface area contributed by atoms with Gasteiger partial charge in [0.1, 0.15) is 0 Å². The van der Waals surface area contributed by atoms with E-state index < -0.39 is 12.1 Å². The van der Waals surface area contributed by atoms with E-state index in [2.05, 4.69) is 22.4 Å². The molecule has 1 fully saturated rings. The first-order chi connectivity index (χ1) is 10.3. The molecule has 1 saturated carbocycles. The highest BCUT2D eigenvalue weighted by Crippen LogP contribution is 2.33. The van der Waals surface area contributed by atoms with Crippen molar-refractivity contribution in [2.45, 2.75) is 57.2 Å². The van der Waals surface area contributed by atoms with Crippen LogP contribution in [0.4, 0.5) is 13.2 Å². The standard InChI is InChI=1S/C11H19N3O.C2HF3O2/c1-3-4-10-13-14-11(15-10)8-5-6-9(7-8)12-2;3-2(4,5)1(6)7/h8-9,12H,3-7H2,1-2H3;(H,6,7)/t8-,9+;/m0./s1. The molecule has 2 rings (SSSR count). The van der Waals surface area contributed by atoms with E-state index in [4.69, 9.17) is 14.3 Å².